The average molecular weight is 330 g/mol. The summed E-state index contributed by atoms with van der Waals surface area (Å²) in [5.74, 6) is 6.23. The van der Waals surface area contributed by atoms with Crippen LogP contribution < -0.4 is 5.32 Å². The summed E-state index contributed by atoms with van der Waals surface area (Å²) < 4.78 is 15.5. The van der Waals surface area contributed by atoms with Crippen LogP contribution in [0.25, 0.3) is 10.1 Å². The Hall–Kier alpha value is -1.57. The van der Waals surface area contributed by atoms with E-state index in [2.05, 4.69) is 47.2 Å². The Morgan fingerprint density at radius 1 is 1.43 bits per heavy atom. The van der Waals surface area contributed by atoms with Crippen LogP contribution in [0.15, 0.2) is 18.2 Å². The van der Waals surface area contributed by atoms with Crippen molar-refractivity contribution in [1.82, 2.24) is 4.90 Å². The molecule has 0 spiro atoms. The summed E-state index contributed by atoms with van der Waals surface area (Å²) in [4.78, 5) is 3.19. The molecule has 1 aliphatic rings. The number of nitrogens with one attached hydrogen (secondary N) is 1. The van der Waals surface area contributed by atoms with Gasteiger partial charge in [-0.15, -0.1) is 17.3 Å². The van der Waals surface area contributed by atoms with Crippen LogP contribution >= 0.6 is 11.3 Å². The number of hydrogen-bond donors (Lipinski definition) is 1. The van der Waals surface area contributed by atoms with E-state index in [1.54, 1.807) is 11.3 Å². The maximum Gasteiger partial charge on any atom is 0.133 e. The SMILES string of the molecule is CC#Cc1sc2c(NC3CCN(C)CC3F)cccc2c1CC. The van der Waals surface area contributed by atoms with E-state index in [1.165, 1.54) is 15.6 Å². The molecule has 23 heavy (non-hydrogen) atoms. The van der Waals surface area contributed by atoms with Crippen LogP contribution in [0.4, 0.5) is 10.1 Å². The van der Waals surface area contributed by atoms with Gasteiger partial charge in [-0.2, -0.15) is 0 Å². The van der Waals surface area contributed by atoms with Crippen molar-refractivity contribution in [2.45, 2.75) is 38.9 Å². The molecule has 1 fully saturated rings. The summed E-state index contributed by atoms with van der Waals surface area (Å²) in [6, 6.07) is 6.16. The Labute approximate surface area is 141 Å². The van der Waals surface area contributed by atoms with E-state index in [4.69, 9.17) is 0 Å². The van der Waals surface area contributed by atoms with Crippen molar-refractivity contribution in [3.8, 4) is 11.8 Å². The van der Waals surface area contributed by atoms with Gasteiger partial charge >= 0.3 is 0 Å². The first-order chi connectivity index (χ1) is 11.1. The van der Waals surface area contributed by atoms with Crippen molar-refractivity contribution < 1.29 is 4.39 Å². The lowest BCUT2D eigenvalue weighted by Gasteiger charge is -2.33. The fraction of sp³-hybridized carbons (Fsp3) is 0.474. The van der Waals surface area contributed by atoms with Crippen molar-refractivity contribution >= 4 is 27.1 Å². The zero-order valence-corrected chi connectivity index (χ0v) is 14.8. The van der Waals surface area contributed by atoms with Gasteiger partial charge in [0.2, 0.25) is 0 Å². The zero-order valence-electron chi connectivity index (χ0n) is 13.9. The number of hydrogen-bond acceptors (Lipinski definition) is 3. The molecule has 1 N–H and O–H groups in total. The van der Waals surface area contributed by atoms with Gasteiger partial charge in [-0.25, -0.2) is 4.39 Å². The monoisotopic (exact) mass is 330 g/mol. The maximum atomic E-state index is 14.3. The zero-order chi connectivity index (χ0) is 16.4. The minimum atomic E-state index is -0.829. The van der Waals surface area contributed by atoms with Crippen molar-refractivity contribution in [1.29, 1.82) is 0 Å². The third-order valence-electron chi connectivity index (χ3n) is 4.50. The Balaban J connectivity index is 1.96. The van der Waals surface area contributed by atoms with Gasteiger partial charge in [-0.1, -0.05) is 25.0 Å². The van der Waals surface area contributed by atoms with Crippen molar-refractivity contribution in [2.24, 2.45) is 0 Å². The van der Waals surface area contributed by atoms with E-state index in [0.29, 0.717) is 6.54 Å². The van der Waals surface area contributed by atoms with Gasteiger partial charge < -0.3 is 10.2 Å². The molecular formula is C19H23FN2S. The molecule has 1 aromatic carbocycles. The summed E-state index contributed by atoms with van der Waals surface area (Å²) in [5, 5.41) is 4.71. The topological polar surface area (TPSA) is 15.3 Å². The molecule has 1 aliphatic heterocycles. The molecule has 1 saturated heterocycles. The van der Waals surface area contributed by atoms with Gasteiger partial charge in [0.1, 0.15) is 6.17 Å². The standard InChI is InChI=1S/C19H23FN2S/c1-4-7-18-13(5-2)14-8-6-9-17(19(14)23-18)21-16-10-11-22(3)12-15(16)20/h6,8-9,15-16,21H,5,10-12H2,1-3H3. The van der Waals surface area contributed by atoms with Gasteiger partial charge in [0.15, 0.2) is 0 Å². The van der Waals surface area contributed by atoms with Crippen LogP contribution in [-0.4, -0.2) is 37.3 Å². The molecule has 0 aliphatic carbocycles. The normalized spacial score (nSPS) is 21.9. The predicted octanol–water partition coefficient (Wildman–Crippen LogP) is 4.29. The smallest absolute Gasteiger partial charge is 0.133 e. The lowest BCUT2D eigenvalue weighted by Crippen LogP contribution is -2.46. The van der Waals surface area contributed by atoms with E-state index in [1.807, 2.05) is 14.0 Å². The highest BCUT2D eigenvalue weighted by molar-refractivity contribution is 7.20. The van der Waals surface area contributed by atoms with Crippen LogP contribution in [0.1, 0.15) is 30.7 Å². The number of anilines is 1. The van der Waals surface area contributed by atoms with E-state index in [-0.39, 0.29) is 6.04 Å². The molecular weight excluding hydrogens is 307 g/mol. The molecule has 2 atom stereocenters. The molecule has 0 radical (unpaired) electrons. The second-order valence-corrected chi connectivity index (χ2v) is 7.16. The van der Waals surface area contributed by atoms with E-state index >= 15 is 0 Å². The lowest BCUT2D eigenvalue weighted by molar-refractivity contribution is 0.149. The Bertz CT molecular complexity index is 756. The highest BCUT2D eigenvalue weighted by Crippen LogP contribution is 2.37. The van der Waals surface area contributed by atoms with Crippen LogP contribution in [-0.2, 0) is 6.42 Å². The van der Waals surface area contributed by atoms with E-state index in [9.17, 15) is 4.39 Å². The number of aryl methyl sites for hydroxylation is 1. The van der Waals surface area contributed by atoms with Gasteiger partial charge in [-0.3, -0.25) is 0 Å². The molecule has 0 amide bonds. The number of rotatable bonds is 3. The average Bonchev–Trinajstić information content (AvgIpc) is 2.88. The van der Waals surface area contributed by atoms with Crippen molar-refractivity contribution in [3.63, 3.8) is 0 Å². The molecule has 2 nitrogen and oxygen atoms in total. The summed E-state index contributed by atoms with van der Waals surface area (Å²) in [6.45, 7) is 5.47. The molecule has 0 saturated carbocycles. The Morgan fingerprint density at radius 3 is 2.96 bits per heavy atom. The second-order valence-electron chi connectivity index (χ2n) is 6.14. The summed E-state index contributed by atoms with van der Waals surface area (Å²) in [7, 11) is 1.98. The molecule has 122 valence electrons. The van der Waals surface area contributed by atoms with Crippen molar-refractivity contribution in [2.75, 3.05) is 25.5 Å². The third-order valence-corrected chi connectivity index (χ3v) is 5.69. The molecule has 2 aromatic rings. The molecule has 0 bridgehead atoms. The first-order valence-electron chi connectivity index (χ1n) is 8.20. The lowest BCUT2D eigenvalue weighted by atomic mass is 10.0. The number of nitrogens with zero attached hydrogens (tertiary/aromatic N) is 1. The first-order valence-corrected chi connectivity index (χ1v) is 9.02. The maximum absolute atomic E-state index is 14.3. The minimum absolute atomic E-state index is 0.107. The van der Waals surface area contributed by atoms with Crippen LogP contribution in [0.5, 0.6) is 0 Å². The number of benzene rings is 1. The number of thiophene rings is 1. The Morgan fingerprint density at radius 2 is 2.26 bits per heavy atom. The fourth-order valence-electron chi connectivity index (χ4n) is 3.27. The summed E-state index contributed by atoms with van der Waals surface area (Å²) in [5.41, 5.74) is 2.35. The van der Waals surface area contributed by atoms with Gasteiger partial charge in [0, 0.05) is 13.1 Å². The number of alkyl halides is 1. The number of piperidine rings is 1. The molecule has 2 heterocycles. The highest BCUT2D eigenvalue weighted by Gasteiger charge is 2.28. The first kappa shape index (κ1) is 16.3. The molecule has 1 aromatic heterocycles. The second kappa shape index (κ2) is 6.90. The van der Waals surface area contributed by atoms with Crippen molar-refractivity contribution in [3.05, 3.63) is 28.6 Å². The van der Waals surface area contributed by atoms with Crippen LogP contribution in [0.2, 0.25) is 0 Å². The van der Waals surface area contributed by atoms with Gasteiger partial charge in [0.25, 0.3) is 0 Å². The molecule has 3 rings (SSSR count). The largest absolute Gasteiger partial charge is 0.378 e. The predicted molar refractivity (Wildman–Crippen MR) is 98.2 cm³/mol. The number of likely N-dealkylation sites (tertiary alicyclic amines) is 1. The summed E-state index contributed by atoms with van der Waals surface area (Å²) in [6.07, 6.45) is 0.972. The van der Waals surface area contributed by atoms with Crippen LogP contribution in [0, 0.1) is 11.8 Å². The van der Waals surface area contributed by atoms with Gasteiger partial charge in [0.05, 0.1) is 21.3 Å². The quantitative estimate of drug-likeness (QED) is 0.845. The molecule has 4 heteroatoms. The van der Waals surface area contributed by atoms with E-state index in [0.717, 1.165) is 30.0 Å². The summed E-state index contributed by atoms with van der Waals surface area (Å²) >= 11 is 1.72. The third kappa shape index (κ3) is 3.22. The Kier molecular flexibility index (Phi) is 4.89. The van der Waals surface area contributed by atoms with Gasteiger partial charge in [-0.05, 0) is 43.8 Å². The molecule has 2 unspecified atom stereocenters. The fourth-order valence-corrected chi connectivity index (χ4v) is 4.54. The highest BCUT2D eigenvalue weighted by atomic mass is 32.1. The van der Waals surface area contributed by atoms with E-state index < -0.39 is 6.17 Å². The van der Waals surface area contributed by atoms with Crippen LogP contribution in [0.3, 0.4) is 0 Å². The number of halogens is 1. The minimum Gasteiger partial charge on any atom is -0.378 e. The number of fused-ring (bicyclic) bond motifs is 1.